The summed E-state index contributed by atoms with van der Waals surface area (Å²) in [6.07, 6.45) is 11.8. The van der Waals surface area contributed by atoms with Crippen molar-refractivity contribution in [1.29, 1.82) is 0 Å². The van der Waals surface area contributed by atoms with Crippen LogP contribution in [0, 0.1) is 5.92 Å². The first-order valence-electron chi connectivity index (χ1n) is 10.1. The molecule has 0 bridgehead atoms. The zero-order valence-electron chi connectivity index (χ0n) is 15.4. The van der Waals surface area contributed by atoms with Crippen LogP contribution in [-0.2, 0) is 4.79 Å². The Bertz CT molecular complexity index is 586. The van der Waals surface area contributed by atoms with Crippen molar-refractivity contribution in [2.24, 2.45) is 5.92 Å². The van der Waals surface area contributed by atoms with Crippen LogP contribution >= 0.6 is 0 Å². The molecule has 6 nitrogen and oxygen atoms in total. The van der Waals surface area contributed by atoms with Gasteiger partial charge in [-0.05, 0) is 45.7 Å². The number of hydrogen-bond acceptors (Lipinski definition) is 4. The van der Waals surface area contributed by atoms with Gasteiger partial charge in [0.15, 0.2) is 0 Å². The normalized spacial score (nSPS) is 27.1. The summed E-state index contributed by atoms with van der Waals surface area (Å²) >= 11 is 0. The lowest BCUT2D eigenvalue weighted by molar-refractivity contribution is -0.136. The highest BCUT2D eigenvalue weighted by atomic mass is 16.2. The fraction of sp³-hybridized carbons (Fsp3) is 0.842. The third-order valence-electron chi connectivity index (χ3n) is 6.44. The number of amides is 1. The Morgan fingerprint density at radius 2 is 1.80 bits per heavy atom. The second kappa shape index (κ2) is 7.44. The number of hydrogen-bond donors (Lipinski definition) is 0. The Kier molecular flexibility index (Phi) is 5.06. The first kappa shape index (κ1) is 17.0. The molecule has 6 heteroatoms. The third kappa shape index (κ3) is 3.73. The van der Waals surface area contributed by atoms with Gasteiger partial charge in [-0.1, -0.05) is 24.5 Å². The van der Waals surface area contributed by atoms with Gasteiger partial charge in [0.1, 0.15) is 0 Å². The summed E-state index contributed by atoms with van der Waals surface area (Å²) < 4.78 is 2.08. The highest BCUT2D eigenvalue weighted by Crippen LogP contribution is 2.32. The van der Waals surface area contributed by atoms with Crippen LogP contribution < -0.4 is 0 Å². The molecule has 1 saturated carbocycles. The van der Waals surface area contributed by atoms with Crippen molar-refractivity contribution in [3.05, 3.63) is 11.9 Å². The molecule has 1 aliphatic carbocycles. The molecule has 3 fully saturated rings. The van der Waals surface area contributed by atoms with Crippen LogP contribution in [0.25, 0.3) is 0 Å². The van der Waals surface area contributed by atoms with E-state index in [4.69, 9.17) is 0 Å². The molecule has 1 unspecified atom stereocenters. The van der Waals surface area contributed by atoms with Gasteiger partial charge in [-0.2, -0.15) is 0 Å². The molecular weight excluding hydrogens is 314 g/mol. The molecule has 1 aromatic rings. The van der Waals surface area contributed by atoms with Gasteiger partial charge in [-0.25, -0.2) is 4.68 Å². The first-order chi connectivity index (χ1) is 12.2. The largest absolute Gasteiger partial charge is 0.342 e. The van der Waals surface area contributed by atoms with Gasteiger partial charge in [-0.15, -0.1) is 5.10 Å². The summed E-state index contributed by atoms with van der Waals surface area (Å²) in [5, 5.41) is 8.90. The highest BCUT2D eigenvalue weighted by molar-refractivity contribution is 5.79. The molecule has 1 aromatic heterocycles. The zero-order valence-corrected chi connectivity index (χ0v) is 15.4. The zero-order chi connectivity index (χ0) is 17.2. The molecular formula is C19H31N5O. The summed E-state index contributed by atoms with van der Waals surface area (Å²) in [5.74, 6) is 1.19. The lowest BCUT2D eigenvalue weighted by atomic mass is 9.87. The van der Waals surface area contributed by atoms with E-state index in [9.17, 15) is 4.79 Å². The molecule has 0 radical (unpaired) electrons. The van der Waals surface area contributed by atoms with Crippen molar-refractivity contribution in [3.63, 3.8) is 0 Å². The number of nitrogens with zero attached hydrogens (tertiary/aromatic N) is 5. The summed E-state index contributed by atoms with van der Waals surface area (Å²) in [6, 6.07) is 0.403. The van der Waals surface area contributed by atoms with Crippen LogP contribution in [0.3, 0.4) is 0 Å². The Balaban J connectivity index is 1.31. The Labute approximate surface area is 150 Å². The number of aromatic nitrogens is 3. The molecule has 1 atom stereocenters. The summed E-state index contributed by atoms with van der Waals surface area (Å²) in [4.78, 5) is 17.0. The monoisotopic (exact) mass is 345 g/mol. The van der Waals surface area contributed by atoms with Gasteiger partial charge in [-0.3, -0.25) is 4.79 Å². The molecule has 25 heavy (non-hydrogen) atoms. The highest BCUT2D eigenvalue weighted by Gasteiger charge is 2.32. The molecule has 0 N–H and O–H groups in total. The third-order valence-corrected chi connectivity index (χ3v) is 6.44. The Morgan fingerprint density at radius 3 is 2.48 bits per heavy atom. The molecule has 138 valence electrons. The van der Waals surface area contributed by atoms with E-state index in [0.29, 0.717) is 17.9 Å². The summed E-state index contributed by atoms with van der Waals surface area (Å²) in [6.45, 7) is 3.70. The average molecular weight is 345 g/mol. The number of rotatable bonds is 3. The van der Waals surface area contributed by atoms with E-state index in [1.165, 1.54) is 37.8 Å². The number of piperidine rings is 1. The van der Waals surface area contributed by atoms with Gasteiger partial charge >= 0.3 is 0 Å². The van der Waals surface area contributed by atoms with E-state index in [2.05, 4.69) is 38.0 Å². The van der Waals surface area contributed by atoms with Gasteiger partial charge in [0.2, 0.25) is 5.91 Å². The van der Waals surface area contributed by atoms with Gasteiger partial charge in [0.25, 0.3) is 0 Å². The lowest BCUT2D eigenvalue weighted by Gasteiger charge is -2.33. The smallest absolute Gasteiger partial charge is 0.227 e. The average Bonchev–Trinajstić information content (AvgIpc) is 3.31. The van der Waals surface area contributed by atoms with Crippen molar-refractivity contribution in [2.45, 2.75) is 63.3 Å². The maximum atomic E-state index is 12.7. The Hall–Kier alpha value is -1.43. The van der Waals surface area contributed by atoms with Crippen molar-refractivity contribution in [2.75, 3.05) is 33.2 Å². The van der Waals surface area contributed by atoms with Crippen molar-refractivity contribution in [3.8, 4) is 0 Å². The first-order valence-corrected chi connectivity index (χ1v) is 10.1. The van der Waals surface area contributed by atoms with Gasteiger partial charge < -0.3 is 9.80 Å². The lowest BCUT2D eigenvalue weighted by Crippen LogP contribution is -2.42. The second-order valence-electron chi connectivity index (χ2n) is 8.26. The maximum absolute atomic E-state index is 12.7. The van der Waals surface area contributed by atoms with Crippen molar-refractivity contribution < 1.29 is 4.79 Å². The summed E-state index contributed by atoms with van der Waals surface area (Å²) in [5.41, 5.74) is 1.19. The predicted octanol–water partition coefficient (Wildman–Crippen LogP) is 2.44. The number of carbonyl (C=O) groups excluding carboxylic acids is 1. The van der Waals surface area contributed by atoms with Gasteiger partial charge in [0, 0.05) is 31.7 Å². The summed E-state index contributed by atoms with van der Waals surface area (Å²) in [7, 11) is 2.11. The van der Waals surface area contributed by atoms with E-state index in [1.54, 1.807) is 0 Å². The minimum Gasteiger partial charge on any atom is -0.342 e. The van der Waals surface area contributed by atoms with E-state index < -0.39 is 0 Å². The molecule has 2 saturated heterocycles. The minimum atomic E-state index is 0.214. The molecule has 3 aliphatic rings. The fourth-order valence-electron chi connectivity index (χ4n) is 4.80. The van der Waals surface area contributed by atoms with E-state index in [1.807, 2.05) is 0 Å². The second-order valence-corrected chi connectivity index (χ2v) is 8.26. The fourth-order valence-corrected chi connectivity index (χ4v) is 4.80. The van der Waals surface area contributed by atoms with Crippen LogP contribution in [0.15, 0.2) is 6.20 Å². The number of carbonyl (C=O) groups is 1. The van der Waals surface area contributed by atoms with Crippen molar-refractivity contribution >= 4 is 5.91 Å². The van der Waals surface area contributed by atoms with E-state index >= 15 is 0 Å². The van der Waals surface area contributed by atoms with Crippen LogP contribution in [0.2, 0.25) is 0 Å². The maximum Gasteiger partial charge on any atom is 0.227 e. The molecule has 3 heterocycles. The molecule has 2 aliphatic heterocycles. The van der Waals surface area contributed by atoms with Crippen LogP contribution in [-0.4, -0.2) is 63.9 Å². The topological polar surface area (TPSA) is 54.3 Å². The van der Waals surface area contributed by atoms with Crippen LogP contribution in [0.1, 0.15) is 69.0 Å². The van der Waals surface area contributed by atoms with Crippen LogP contribution in [0.5, 0.6) is 0 Å². The quantitative estimate of drug-likeness (QED) is 0.844. The van der Waals surface area contributed by atoms with Crippen LogP contribution in [0.4, 0.5) is 0 Å². The SMILES string of the molecule is CN1CCC(C(=O)N2CCC(n3cc(C4CCCCC4)nn3)CC2)C1. The van der Waals surface area contributed by atoms with E-state index in [0.717, 1.165) is 45.4 Å². The number of likely N-dealkylation sites (tertiary alicyclic amines) is 2. The standard InChI is InChI=1S/C19H31N5O/c1-22-10-7-16(13-22)19(25)23-11-8-17(9-12-23)24-14-18(20-21-24)15-5-3-2-4-6-15/h14-17H,2-13H2,1H3. The molecule has 1 amide bonds. The molecule has 4 rings (SSSR count). The molecule has 0 aromatic carbocycles. The van der Waals surface area contributed by atoms with E-state index in [-0.39, 0.29) is 5.92 Å². The predicted molar refractivity (Wildman–Crippen MR) is 96.3 cm³/mol. The van der Waals surface area contributed by atoms with Crippen molar-refractivity contribution in [1.82, 2.24) is 24.8 Å². The Morgan fingerprint density at radius 1 is 1.04 bits per heavy atom. The minimum absolute atomic E-state index is 0.214. The van der Waals surface area contributed by atoms with Gasteiger partial charge in [0.05, 0.1) is 17.7 Å². The molecule has 0 spiro atoms.